The van der Waals surface area contributed by atoms with Crippen LogP contribution in [0, 0.1) is 23.2 Å². The van der Waals surface area contributed by atoms with Gasteiger partial charge in [0.2, 0.25) is 0 Å². The second-order valence-corrected chi connectivity index (χ2v) is 12.3. The van der Waals surface area contributed by atoms with E-state index in [0.29, 0.717) is 12.3 Å². The second-order valence-electron chi connectivity index (χ2n) is 12.3. The van der Waals surface area contributed by atoms with Gasteiger partial charge in [-0.3, -0.25) is 9.59 Å². The number of esters is 2. The van der Waals surface area contributed by atoms with Gasteiger partial charge in [0, 0.05) is 6.42 Å². The summed E-state index contributed by atoms with van der Waals surface area (Å²) in [4.78, 5) is 24.5. The molecule has 1 unspecified atom stereocenters. The van der Waals surface area contributed by atoms with E-state index in [1.165, 1.54) is 38.5 Å². The molecular weight excluding hydrogens is 476 g/mol. The summed E-state index contributed by atoms with van der Waals surface area (Å²) in [5, 5.41) is 9.61. The van der Waals surface area contributed by atoms with Gasteiger partial charge in [0.25, 0.3) is 0 Å². The molecular formula is C33H58O5. The van der Waals surface area contributed by atoms with Crippen LogP contribution in [0.3, 0.4) is 0 Å². The number of hydrogen-bond acceptors (Lipinski definition) is 5. The van der Waals surface area contributed by atoms with E-state index in [1.807, 2.05) is 0 Å². The summed E-state index contributed by atoms with van der Waals surface area (Å²) in [5.74, 6) is -0.170. The van der Waals surface area contributed by atoms with E-state index in [0.717, 1.165) is 57.8 Å². The Hall–Kier alpha value is -1.62. The molecule has 0 saturated heterocycles. The molecule has 5 heteroatoms. The SMILES string of the molecule is CCCCC/C=C\C/C=C\CCCCCCCC(=O)OCC(CO)COC(=O)C1CCC(C(C)(C)C)CC1. The third-order valence-electron chi connectivity index (χ3n) is 7.82. The molecule has 5 nitrogen and oxygen atoms in total. The van der Waals surface area contributed by atoms with E-state index in [4.69, 9.17) is 9.47 Å². The van der Waals surface area contributed by atoms with E-state index in [9.17, 15) is 14.7 Å². The van der Waals surface area contributed by atoms with E-state index >= 15 is 0 Å². The number of aliphatic hydroxyl groups excluding tert-OH is 1. The van der Waals surface area contributed by atoms with Crippen LogP contribution >= 0.6 is 0 Å². The summed E-state index contributed by atoms with van der Waals surface area (Å²) in [6, 6.07) is 0. The summed E-state index contributed by atoms with van der Waals surface area (Å²) < 4.78 is 10.8. The molecule has 0 radical (unpaired) electrons. The summed E-state index contributed by atoms with van der Waals surface area (Å²) in [5.41, 5.74) is 0.281. The maximum absolute atomic E-state index is 12.5. The van der Waals surface area contributed by atoms with Gasteiger partial charge >= 0.3 is 11.9 Å². The van der Waals surface area contributed by atoms with Crippen molar-refractivity contribution < 1.29 is 24.2 Å². The smallest absolute Gasteiger partial charge is 0.308 e. The zero-order chi connectivity index (χ0) is 28.1. The molecule has 1 aliphatic carbocycles. The molecule has 1 rings (SSSR count). The predicted octanol–water partition coefficient (Wildman–Crippen LogP) is 8.35. The molecule has 1 atom stereocenters. The lowest BCUT2D eigenvalue weighted by Gasteiger charge is -2.36. The molecule has 0 spiro atoms. The average Bonchev–Trinajstić information content (AvgIpc) is 2.90. The molecule has 0 amide bonds. The topological polar surface area (TPSA) is 72.8 Å². The number of unbranched alkanes of at least 4 members (excludes halogenated alkanes) is 8. The maximum atomic E-state index is 12.5. The number of rotatable bonds is 20. The highest BCUT2D eigenvalue weighted by Crippen LogP contribution is 2.40. The van der Waals surface area contributed by atoms with Crippen molar-refractivity contribution in [3.8, 4) is 0 Å². The maximum Gasteiger partial charge on any atom is 0.308 e. The van der Waals surface area contributed by atoms with Crippen molar-refractivity contribution in [1.82, 2.24) is 0 Å². The Labute approximate surface area is 233 Å². The molecule has 0 aromatic carbocycles. The van der Waals surface area contributed by atoms with Crippen LogP contribution < -0.4 is 0 Å². The van der Waals surface area contributed by atoms with Crippen LogP contribution in [0.2, 0.25) is 0 Å². The van der Waals surface area contributed by atoms with Crippen molar-refractivity contribution in [2.75, 3.05) is 19.8 Å². The molecule has 0 heterocycles. The minimum absolute atomic E-state index is 0.0474. The molecule has 1 saturated carbocycles. The fourth-order valence-electron chi connectivity index (χ4n) is 5.03. The van der Waals surface area contributed by atoms with Gasteiger partial charge in [0.1, 0.15) is 0 Å². The van der Waals surface area contributed by atoms with Crippen LogP contribution in [0.1, 0.15) is 130 Å². The highest BCUT2D eigenvalue weighted by Gasteiger charge is 2.33. The molecule has 0 aromatic rings. The largest absolute Gasteiger partial charge is 0.465 e. The van der Waals surface area contributed by atoms with E-state index in [-0.39, 0.29) is 49.0 Å². The molecule has 1 N–H and O–H groups in total. The van der Waals surface area contributed by atoms with Crippen molar-refractivity contribution in [3.63, 3.8) is 0 Å². The number of allylic oxidation sites excluding steroid dienone is 4. The van der Waals surface area contributed by atoms with Gasteiger partial charge < -0.3 is 14.6 Å². The first-order valence-electron chi connectivity index (χ1n) is 15.5. The third-order valence-corrected chi connectivity index (χ3v) is 7.82. The fourth-order valence-corrected chi connectivity index (χ4v) is 5.03. The number of carbonyl (C=O) groups excluding carboxylic acids is 2. The van der Waals surface area contributed by atoms with Gasteiger partial charge in [0.05, 0.1) is 31.7 Å². The van der Waals surface area contributed by atoms with Gasteiger partial charge in [-0.1, -0.05) is 84.1 Å². The molecule has 0 aromatic heterocycles. The highest BCUT2D eigenvalue weighted by atomic mass is 16.5. The van der Waals surface area contributed by atoms with E-state index in [2.05, 4.69) is 52.0 Å². The lowest BCUT2D eigenvalue weighted by Crippen LogP contribution is -2.31. The van der Waals surface area contributed by atoms with E-state index in [1.54, 1.807) is 0 Å². The predicted molar refractivity (Wildman–Crippen MR) is 157 cm³/mol. The van der Waals surface area contributed by atoms with Gasteiger partial charge in [-0.05, 0) is 75.5 Å². The molecule has 220 valence electrons. The highest BCUT2D eigenvalue weighted by molar-refractivity contribution is 5.72. The average molecular weight is 535 g/mol. The lowest BCUT2D eigenvalue weighted by molar-refractivity contribution is -0.154. The van der Waals surface area contributed by atoms with Crippen molar-refractivity contribution >= 4 is 11.9 Å². The Balaban J connectivity index is 2.03. The lowest BCUT2D eigenvalue weighted by atomic mass is 9.70. The van der Waals surface area contributed by atoms with Gasteiger partial charge in [-0.15, -0.1) is 0 Å². The summed E-state index contributed by atoms with van der Waals surface area (Å²) in [6.45, 7) is 9.06. The van der Waals surface area contributed by atoms with Crippen molar-refractivity contribution in [2.24, 2.45) is 23.2 Å². The Morgan fingerprint density at radius 3 is 2.00 bits per heavy atom. The van der Waals surface area contributed by atoms with Crippen LogP contribution in [-0.4, -0.2) is 36.9 Å². The van der Waals surface area contributed by atoms with Crippen molar-refractivity contribution in [1.29, 1.82) is 0 Å². The normalized spacial score (nSPS) is 19.2. The Morgan fingerprint density at radius 2 is 1.39 bits per heavy atom. The second kappa shape index (κ2) is 21.2. The van der Waals surface area contributed by atoms with E-state index < -0.39 is 0 Å². The molecule has 38 heavy (non-hydrogen) atoms. The number of ether oxygens (including phenoxy) is 2. The minimum atomic E-state index is -0.363. The zero-order valence-corrected chi connectivity index (χ0v) is 25.1. The van der Waals surface area contributed by atoms with Crippen LogP contribution in [0.25, 0.3) is 0 Å². The molecule has 0 bridgehead atoms. The first kappa shape index (κ1) is 34.4. The van der Waals surface area contributed by atoms with Crippen molar-refractivity contribution in [2.45, 2.75) is 130 Å². The zero-order valence-electron chi connectivity index (χ0n) is 25.1. The summed E-state index contributed by atoms with van der Waals surface area (Å²) >= 11 is 0. The molecule has 1 aliphatic rings. The van der Waals surface area contributed by atoms with Crippen LogP contribution in [-0.2, 0) is 19.1 Å². The van der Waals surface area contributed by atoms with Gasteiger partial charge in [0.15, 0.2) is 0 Å². The van der Waals surface area contributed by atoms with Crippen LogP contribution in [0.4, 0.5) is 0 Å². The molecule has 1 fully saturated rings. The fraction of sp³-hybridized carbons (Fsp3) is 0.818. The number of hydrogen-bond donors (Lipinski definition) is 1. The van der Waals surface area contributed by atoms with Crippen LogP contribution in [0.5, 0.6) is 0 Å². The molecule has 0 aliphatic heterocycles. The Kier molecular flexibility index (Phi) is 19.2. The van der Waals surface area contributed by atoms with Gasteiger partial charge in [-0.25, -0.2) is 0 Å². The summed E-state index contributed by atoms with van der Waals surface area (Å²) in [6.07, 6.45) is 26.0. The standard InChI is InChI=1S/C33H58O5/c1-5-6-7-8-9-10-11-12-13-14-15-16-17-18-19-20-31(35)37-26-28(25-34)27-38-32(36)29-21-23-30(24-22-29)33(2,3)4/h9-10,12-13,28-30,34H,5-8,11,14-27H2,1-4H3/b10-9-,13-12-. The Morgan fingerprint density at radius 1 is 0.816 bits per heavy atom. The quantitative estimate of drug-likeness (QED) is 0.0965. The third kappa shape index (κ3) is 17.1. The summed E-state index contributed by atoms with van der Waals surface area (Å²) in [7, 11) is 0. The minimum Gasteiger partial charge on any atom is -0.465 e. The monoisotopic (exact) mass is 534 g/mol. The first-order chi connectivity index (χ1) is 18.3. The van der Waals surface area contributed by atoms with Crippen LogP contribution in [0.15, 0.2) is 24.3 Å². The number of aliphatic hydroxyl groups is 1. The number of carbonyl (C=O) groups is 2. The van der Waals surface area contributed by atoms with Crippen molar-refractivity contribution in [3.05, 3.63) is 24.3 Å². The van der Waals surface area contributed by atoms with Gasteiger partial charge in [-0.2, -0.15) is 0 Å². The Bertz CT molecular complexity index is 667. The first-order valence-corrected chi connectivity index (χ1v) is 15.5.